The zero-order chi connectivity index (χ0) is 22.5. The maximum absolute atomic E-state index is 13.2. The third kappa shape index (κ3) is 8.37. The van der Waals surface area contributed by atoms with E-state index in [9.17, 15) is 14.0 Å². The van der Waals surface area contributed by atoms with Gasteiger partial charge in [0.2, 0.25) is 5.91 Å². The minimum Gasteiger partial charge on any atom is -0.385 e. The molecule has 0 unspecified atom stereocenters. The summed E-state index contributed by atoms with van der Waals surface area (Å²) < 4.78 is 13.2. The van der Waals surface area contributed by atoms with Crippen molar-refractivity contribution >= 4 is 11.8 Å². The molecule has 0 atom stereocenters. The lowest BCUT2D eigenvalue weighted by molar-refractivity contribution is -0.118. The number of carbonyl (C=O) groups excluding carboxylic acids is 2. The molecule has 1 heterocycles. The van der Waals surface area contributed by atoms with Crippen molar-refractivity contribution in [1.82, 2.24) is 20.9 Å². The van der Waals surface area contributed by atoms with Gasteiger partial charge < -0.3 is 20.9 Å². The molecule has 0 radical (unpaired) electrons. The van der Waals surface area contributed by atoms with Gasteiger partial charge in [0.25, 0.3) is 5.91 Å². The van der Waals surface area contributed by atoms with Gasteiger partial charge in [-0.1, -0.05) is 32.9 Å². The summed E-state index contributed by atoms with van der Waals surface area (Å²) in [4.78, 5) is 26.7. The van der Waals surface area contributed by atoms with Crippen LogP contribution in [-0.2, 0) is 9.59 Å². The fraction of sp³-hybridized carbons (Fsp3) is 0.478. The summed E-state index contributed by atoms with van der Waals surface area (Å²) in [5, 5.41) is 8.85. The molecule has 3 N–H and O–H groups in total. The second-order valence-electron chi connectivity index (χ2n) is 6.84. The molecule has 0 spiro atoms. The van der Waals surface area contributed by atoms with E-state index in [4.69, 9.17) is 0 Å². The van der Waals surface area contributed by atoms with E-state index >= 15 is 0 Å². The number of hydrogen-bond donors (Lipinski definition) is 3. The highest BCUT2D eigenvalue weighted by Crippen LogP contribution is 2.13. The third-order valence-electron chi connectivity index (χ3n) is 4.91. The minimum atomic E-state index is -0.368. The first kappa shape index (κ1) is 25.4. The quantitative estimate of drug-likeness (QED) is 0.336. The van der Waals surface area contributed by atoms with Crippen LogP contribution in [0.4, 0.5) is 4.39 Å². The highest BCUT2D eigenvalue weighted by Gasteiger charge is 2.16. The molecule has 0 aromatic heterocycles. The summed E-state index contributed by atoms with van der Waals surface area (Å²) in [6.45, 7) is 13.4. The van der Waals surface area contributed by atoms with Crippen LogP contribution in [0.1, 0.15) is 41.0 Å². The van der Waals surface area contributed by atoms with Gasteiger partial charge in [0, 0.05) is 42.2 Å². The number of rotatable bonds is 12. The molecule has 0 saturated heterocycles. The normalized spacial score (nSPS) is 16.8. The van der Waals surface area contributed by atoms with Gasteiger partial charge in [0.1, 0.15) is 5.83 Å². The molecule has 6 nitrogen and oxygen atoms in total. The maximum Gasteiger partial charge on any atom is 0.255 e. The topological polar surface area (TPSA) is 73.5 Å². The minimum absolute atomic E-state index is 0.0701. The fourth-order valence-corrected chi connectivity index (χ4v) is 2.97. The zero-order valence-corrected chi connectivity index (χ0v) is 18.8. The summed E-state index contributed by atoms with van der Waals surface area (Å²) in [7, 11) is 0. The van der Waals surface area contributed by atoms with Crippen molar-refractivity contribution in [2.45, 2.75) is 41.0 Å². The first-order chi connectivity index (χ1) is 14.4. The Balaban J connectivity index is 2.66. The molecule has 166 valence electrons. The summed E-state index contributed by atoms with van der Waals surface area (Å²) >= 11 is 0. The SMILES string of the molecule is C/C=C(F)\C=C/C1=CC(=C/CN/C(C)=C(\CC)C(=O)NCCN(CC)CC)/C(=O)N1. The van der Waals surface area contributed by atoms with Crippen LogP contribution in [0.5, 0.6) is 0 Å². The Hall–Kier alpha value is -2.67. The monoisotopic (exact) mass is 418 g/mol. The van der Waals surface area contributed by atoms with Crippen molar-refractivity contribution in [2.75, 3.05) is 32.7 Å². The Kier molecular flexibility index (Phi) is 11.4. The van der Waals surface area contributed by atoms with E-state index in [1.54, 1.807) is 19.1 Å². The van der Waals surface area contributed by atoms with Crippen molar-refractivity contribution < 1.29 is 14.0 Å². The van der Waals surface area contributed by atoms with E-state index in [2.05, 4.69) is 34.7 Å². The predicted octanol–water partition coefficient (Wildman–Crippen LogP) is 3.09. The number of halogens is 1. The van der Waals surface area contributed by atoms with Gasteiger partial charge in [-0.25, -0.2) is 4.39 Å². The maximum atomic E-state index is 13.2. The zero-order valence-electron chi connectivity index (χ0n) is 18.8. The van der Waals surface area contributed by atoms with Crippen molar-refractivity contribution in [3.63, 3.8) is 0 Å². The van der Waals surface area contributed by atoms with Crippen molar-refractivity contribution in [3.05, 3.63) is 58.7 Å². The van der Waals surface area contributed by atoms with Crippen LogP contribution in [0.2, 0.25) is 0 Å². The summed E-state index contributed by atoms with van der Waals surface area (Å²) in [5.74, 6) is -0.671. The molecule has 7 heteroatoms. The molecule has 1 aliphatic rings. The molecular formula is C23H35FN4O2. The Bertz CT molecular complexity index is 759. The van der Waals surface area contributed by atoms with Gasteiger partial charge in [-0.05, 0) is 51.6 Å². The van der Waals surface area contributed by atoms with Gasteiger partial charge in [-0.2, -0.15) is 0 Å². The molecule has 0 bridgehead atoms. The lowest BCUT2D eigenvalue weighted by Crippen LogP contribution is -2.36. The highest BCUT2D eigenvalue weighted by atomic mass is 19.1. The average Bonchev–Trinajstić information content (AvgIpc) is 3.09. The molecule has 0 fully saturated rings. The Morgan fingerprint density at radius 3 is 2.53 bits per heavy atom. The van der Waals surface area contributed by atoms with E-state index < -0.39 is 0 Å². The van der Waals surface area contributed by atoms with Crippen molar-refractivity contribution in [3.8, 4) is 0 Å². The number of hydrogen-bond acceptors (Lipinski definition) is 4. The molecule has 1 aliphatic heterocycles. The fourth-order valence-electron chi connectivity index (χ4n) is 2.97. The first-order valence-corrected chi connectivity index (χ1v) is 10.5. The van der Waals surface area contributed by atoms with Crippen LogP contribution in [0, 0.1) is 0 Å². The standard InChI is InChI=1S/C23H35FN4O2/c1-6-19(24)10-11-20-16-18(22(29)27-20)12-13-25-17(5)21(7-2)23(30)26-14-15-28(8-3)9-4/h6,10-12,16,25H,7-9,13-15H2,1-5H3,(H,26,30)(H,27,29)/b11-10-,18-12-,19-6+,21-17+. The molecule has 2 amide bonds. The van der Waals surface area contributed by atoms with Gasteiger partial charge in [-0.3, -0.25) is 9.59 Å². The molecule has 0 aliphatic carbocycles. The molecular weight excluding hydrogens is 383 g/mol. The first-order valence-electron chi connectivity index (χ1n) is 10.5. The van der Waals surface area contributed by atoms with Gasteiger partial charge in [0.15, 0.2) is 0 Å². The second-order valence-corrected chi connectivity index (χ2v) is 6.84. The van der Waals surface area contributed by atoms with Crippen LogP contribution in [0.25, 0.3) is 0 Å². The largest absolute Gasteiger partial charge is 0.385 e. The van der Waals surface area contributed by atoms with E-state index in [1.807, 2.05) is 13.8 Å². The molecule has 0 aromatic rings. The number of nitrogens with one attached hydrogen (secondary N) is 3. The van der Waals surface area contributed by atoms with Crippen LogP contribution in [0.15, 0.2) is 58.7 Å². The number of carbonyl (C=O) groups is 2. The summed E-state index contributed by atoms with van der Waals surface area (Å²) in [6.07, 6.45) is 8.18. The Morgan fingerprint density at radius 1 is 1.23 bits per heavy atom. The lowest BCUT2D eigenvalue weighted by atomic mass is 10.1. The lowest BCUT2D eigenvalue weighted by Gasteiger charge is -2.18. The van der Waals surface area contributed by atoms with E-state index in [1.165, 1.54) is 18.2 Å². The molecule has 30 heavy (non-hydrogen) atoms. The van der Waals surface area contributed by atoms with Crippen LogP contribution >= 0.6 is 0 Å². The summed E-state index contributed by atoms with van der Waals surface area (Å²) in [6, 6.07) is 0. The second kappa shape index (κ2) is 13.5. The van der Waals surface area contributed by atoms with Crippen molar-refractivity contribution in [1.29, 1.82) is 0 Å². The number of allylic oxidation sites excluding steroid dienone is 5. The number of nitrogens with zero attached hydrogens (tertiary/aromatic N) is 1. The molecule has 0 aromatic carbocycles. The average molecular weight is 419 g/mol. The van der Waals surface area contributed by atoms with E-state index in [0.29, 0.717) is 36.4 Å². The smallest absolute Gasteiger partial charge is 0.255 e. The molecule has 0 saturated carbocycles. The predicted molar refractivity (Wildman–Crippen MR) is 120 cm³/mol. The van der Waals surface area contributed by atoms with Gasteiger partial charge >= 0.3 is 0 Å². The third-order valence-corrected chi connectivity index (χ3v) is 4.91. The van der Waals surface area contributed by atoms with E-state index in [0.717, 1.165) is 25.3 Å². The van der Waals surface area contributed by atoms with Gasteiger partial charge in [-0.15, -0.1) is 0 Å². The Morgan fingerprint density at radius 2 is 1.93 bits per heavy atom. The van der Waals surface area contributed by atoms with E-state index in [-0.39, 0.29) is 17.6 Å². The van der Waals surface area contributed by atoms with Crippen molar-refractivity contribution in [2.24, 2.45) is 0 Å². The van der Waals surface area contributed by atoms with Crippen LogP contribution in [0.3, 0.4) is 0 Å². The summed E-state index contributed by atoms with van der Waals surface area (Å²) in [5.41, 5.74) is 2.52. The number of amides is 2. The van der Waals surface area contributed by atoms with Gasteiger partial charge in [0.05, 0.1) is 0 Å². The van der Waals surface area contributed by atoms with Crippen LogP contribution in [-0.4, -0.2) is 49.4 Å². The molecule has 1 rings (SSSR count). The van der Waals surface area contributed by atoms with Crippen LogP contribution < -0.4 is 16.0 Å². The highest BCUT2D eigenvalue weighted by molar-refractivity contribution is 6.01. The number of likely N-dealkylation sites (N-methyl/N-ethyl adjacent to an activating group) is 1. The Labute approximate surface area is 179 Å².